The van der Waals surface area contributed by atoms with Crippen LogP contribution in [-0.2, 0) is 4.79 Å². The van der Waals surface area contributed by atoms with Crippen LogP contribution in [-0.4, -0.2) is 43.6 Å². The lowest BCUT2D eigenvalue weighted by Crippen LogP contribution is -2.45. The molecule has 2 heterocycles. The minimum Gasteiger partial charge on any atom is -0.494 e. The van der Waals surface area contributed by atoms with Gasteiger partial charge in [0.15, 0.2) is 0 Å². The van der Waals surface area contributed by atoms with Crippen LogP contribution in [0.15, 0.2) is 24.3 Å². The lowest BCUT2D eigenvalue weighted by molar-refractivity contribution is -0.128. The summed E-state index contributed by atoms with van der Waals surface area (Å²) in [7, 11) is 0. The number of hydrogen-bond acceptors (Lipinski definition) is 3. The molecule has 27 heavy (non-hydrogen) atoms. The van der Waals surface area contributed by atoms with Gasteiger partial charge in [-0.1, -0.05) is 39.2 Å². The third-order valence-corrected chi connectivity index (χ3v) is 6.26. The number of likely N-dealkylation sites (tertiary alicyclic amines) is 1. The molecule has 0 atom stereocenters. The number of nitrogens with zero attached hydrogens (tertiary/aromatic N) is 2. The van der Waals surface area contributed by atoms with E-state index in [4.69, 9.17) is 4.74 Å². The van der Waals surface area contributed by atoms with Gasteiger partial charge in [0.05, 0.1) is 12.0 Å². The molecule has 0 radical (unpaired) electrons. The highest BCUT2D eigenvalue weighted by Crippen LogP contribution is 2.43. The van der Waals surface area contributed by atoms with Gasteiger partial charge in [-0.15, -0.1) is 0 Å². The number of hydrogen-bond donors (Lipinski definition) is 0. The summed E-state index contributed by atoms with van der Waals surface area (Å²) in [6.07, 6.45) is 9.28. The fraction of sp³-hybridized carbons (Fsp3) is 0.696. The Morgan fingerprint density at radius 3 is 2.52 bits per heavy atom. The summed E-state index contributed by atoms with van der Waals surface area (Å²) >= 11 is 0. The number of rotatable bonds is 9. The van der Waals surface area contributed by atoms with Crippen LogP contribution < -0.4 is 9.64 Å². The quantitative estimate of drug-likeness (QED) is 0.580. The van der Waals surface area contributed by atoms with Gasteiger partial charge in [-0.05, 0) is 63.9 Å². The Bertz CT molecular complexity index is 608. The number of piperidine rings is 1. The highest BCUT2D eigenvalue weighted by Gasteiger charge is 2.48. The third kappa shape index (κ3) is 4.84. The Kier molecular flexibility index (Phi) is 7.17. The van der Waals surface area contributed by atoms with E-state index in [1.807, 2.05) is 29.2 Å². The van der Waals surface area contributed by atoms with Gasteiger partial charge in [-0.3, -0.25) is 4.79 Å². The van der Waals surface area contributed by atoms with Crippen molar-refractivity contribution in [3.63, 3.8) is 0 Å². The first kappa shape index (κ1) is 20.2. The number of carbonyl (C=O) groups is 1. The van der Waals surface area contributed by atoms with Gasteiger partial charge in [-0.2, -0.15) is 0 Å². The molecule has 2 aliphatic heterocycles. The van der Waals surface area contributed by atoms with Crippen LogP contribution in [0.5, 0.6) is 5.75 Å². The van der Waals surface area contributed by atoms with E-state index >= 15 is 0 Å². The van der Waals surface area contributed by atoms with Crippen LogP contribution in [0.3, 0.4) is 0 Å². The van der Waals surface area contributed by atoms with Gasteiger partial charge >= 0.3 is 0 Å². The zero-order chi connectivity index (χ0) is 19.1. The first-order valence-electron chi connectivity index (χ1n) is 11.0. The molecule has 1 aromatic rings. The lowest BCUT2D eigenvalue weighted by atomic mass is 9.77. The zero-order valence-electron chi connectivity index (χ0n) is 17.2. The largest absolute Gasteiger partial charge is 0.494 e. The highest BCUT2D eigenvalue weighted by molar-refractivity contribution is 6.00. The Balaban J connectivity index is 1.56. The molecule has 1 aromatic carbocycles. The van der Waals surface area contributed by atoms with E-state index in [0.29, 0.717) is 5.91 Å². The Labute approximate surface area is 164 Å². The van der Waals surface area contributed by atoms with Gasteiger partial charge in [0.25, 0.3) is 0 Å². The molecule has 1 amide bonds. The smallest absolute Gasteiger partial charge is 0.233 e. The molecule has 0 saturated carbocycles. The number of benzene rings is 1. The van der Waals surface area contributed by atoms with Gasteiger partial charge in [0.2, 0.25) is 5.91 Å². The molecule has 2 aliphatic rings. The molecule has 4 nitrogen and oxygen atoms in total. The van der Waals surface area contributed by atoms with Crippen molar-refractivity contribution in [2.75, 3.05) is 37.7 Å². The number of ether oxygens (including phenoxy) is 1. The second-order valence-electron chi connectivity index (χ2n) is 8.24. The monoisotopic (exact) mass is 372 g/mol. The van der Waals surface area contributed by atoms with Crippen LogP contribution in [0, 0.1) is 5.41 Å². The van der Waals surface area contributed by atoms with E-state index in [2.05, 4.69) is 18.7 Å². The fourth-order valence-electron chi connectivity index (χ4n) is 4.46. The first-order valence-corrected chi connectivity index (χ1v) is 11.0. The molecule has 0 unspecified atom stereocenters. The summed E-state index contributed by atoms with van der Waals surface area (Å²) in [5, 5.41) is 0. The zero-order valence-corrected chi connectivity index (χ0v) is 17.2. The van der Waals surface area contributed by atoms with Crippen molar-refractivity contribution in [2.45, 2.75) is 65.2 Å². The molecular formula is C23H36N2O2. The minimum absolute atomic E-state index is 0.125. The van der Waals surface area contributed by atoms with Crippen molar-refractivity contribution in [2.24, 2.45) is 5.41 Å². The van der Waals surface area contributed by atoms with E-state index in [9.17, 15) is 4.79 Å². The third-order valence-electron chi connectivity index (χ3n) is 6.26. The highest BCUT2D eigenvalue weighted by atomic mass is 16.5. The second kappa shape index (κ2) is 9.59. The Morgan fingerprint density at radius 1 is 1.00 bits per heavy atom. The number of anilines is 1. The average Bonchev–Trinajstić information content (AvgIpc) is 3.01. The summed E-state index contributed by atoms with van der Waals surface area (Å²) in [5.74, 6) is 1.20. The summed E-state index contributed by atoms with van der Waals surface area (Å²) in [4.78, 5) is 17.8. The molecule has 0 N–H and O–H groups in total. The summed E-state index contributed by atoms with van der Waals surface area (Å²) < 4.78 is 5.75. The molecule has 4 heteroatoms. The predicted octanol–water partition coefficient (Wildman–Crippen LogP) is 4.87. The van der Waals surface area contributed by atoms with Crippen molar-refractivity contribution in [3.8, 4) is 5.75 Å². The van der Waals surface area contributed by atoms with E-state index in [-0.39, 0.29) is 5.41 Å². The Hall–Kier alpha value is -1.55. The standard InChI is InChI=1S/C23H36N2O2/c1-3-5-6-7-14-24-15-11-23(12-16-24)13-17-25(22(23)26)20-9-8-10-21(19-20)27-18-4-2/h8-10,19H,3-7,11-18H2,1-2H3. The molecule has 3 rings (SSSR count). The van der Waals surface area contributed by atoms with Gasteiger partial charge < -0.3 is 14.5 Å². The van der Waals surface area contributed by atoms with Crippen LogP contribution in [0.4, 0.5) is 5.69 Å². The van der Waals surface area contributed by atoms with Gasteiger partial charge in [0, 0.05) is 18.3 Å². The molecule has 2 fully saturated rings. The first-order chi connectivity index (χ1) is 13.2. The van der Waals surface area contributed by atoms with Crippen molar-refractivity contribution >= 4 is 11.6 Å². The molecule has 2 saturated heterocycles. The number of amides is 1. The SMILES string of the molecule is CCCCCCN1CCC2(CC1)CCN(c1cccc(OCCC)c1)C2=O. The van der Waals surface area contributed by atoms with Crippen molar-refractivity contribution < 1.29 is 9.53 Å². The molecule has 0 aromatic heterocycles. The fourth-order valence-corrected chi connectivity index (χ4v) is 4.46. The van der Waals surface area contributed by atoms with Gasteiger partial charge in [0.1, 0.15) is 5.75 Å². The lowest BCUT2D eigenvalue weighted by Gasteiger charge is -2.38. The molecule has 1 spiro atoms. The van der Waals surface area contributed by atoms with Crippen molar-refractivity contribution in [1.29, 1.82) is 0 Å². The summed E-state index contributed by atoms with van der Waals surface area (Å²) in [6.45, 7) is 9.27. The second-order valence-corrected chi connectivity index (χ2v) is 8.24. The predicted molar refractivity (Wildman–Crippen MR) is 111 cm³/mol. The maximum Gasteiger partial charge on any atom is 0.233 e. The van der Waals surface area contributed by atoms with E-state index in [1.54, 1.807) is 0 Å². The normalized spacial score (nSPS) is 19.8. The number of carbonyl (C=O) groups excluding carboxylic acids is 1. The van der Waals surface area contributed by atoms with Crippen LogP contribution in [0.1, 0.15) is 65.2 Å². The minimum atomic E-state index is -0.125. The molecule has 0 aliphatic carbocycles. The summed E-state index contributed by atoms with van der Waals surface area (Å²) in [5.41, 5.74) is 0.868. The van der Waals surface area contributed by atoms with Crippen LogP contribution in [0.25, 0.3) is 0 Å². The maximum atomic E-state index is 13.3. The van der Waals surface area contributed by atoms with E-state index in [1.165, 1.54) is 32.2 Å². The molecular weight excluding hydrogens is 336 g/mol. The molecule has 0 bridgehead atoms. The van der Waals surface area contributed by atoms with Crippen molar-refractivity contribution in [1.82, 2.24) is 4.90 Å². The topological polar surface area (TPSA) is 32.8 Å². The van der Waals surface area contributed by atoms with Crippen LogP contribution in [0.2, 0.25) is 0 Å². The van der Waals surface area contributed by atoms with Gasteiger partial charge in [-0.25, -0.2) is 0 Å². The Morgan fingerprint density at radius 2 is 1.78 bits per heavy atom. The summed E-state index contributed by atoms with van der Waals surface area (Å²) in [6, 6.07) is 8.04. The van der Waals surface area contributed by atoms with E-state index in [0.717, 1.165) is 63.4 Å². The van der Waals surface area contributed by atoms with Crippen LogP contribution >= 0.6 is 0 Å². The molecule has 150 valence electrons. The maximum absolute atomic E-state index is 13.3. The van der Waals surface area contributed by atoms with Crippen molar-refractivity contribution in [3.05, 3.63) is 24.3 Å². The number of unbranched alkanes of at least 4 members (excludes halogenated alkanes) is 3. The average molecular weight is 373 g/mol. The van der Waals surface area contributed by atoms with E-state index < -0.39 is 0 Å².